The Bertz CT molecular complexity index is 254. The fraction of sp³-hybridized carbons (Fsp3) is 0.733. The average Bonchev–Trinajstić information content (AvgIpc) is 2.24. The topological polar surface area (TPSA) is 26.3 Å². The van der Waals surface area contributed by atoms with Crippen molar-refractivity contribution in [1.82, 2.24) is 0 Å². The maximum atomic E-state index is 11.1. The highest BCUT2D eigenvalue weighted by Crippen LogP contribution is 2.06. The quantitative estimate of drug-likeness (QED) is 0.260. The van der Waals surface area contributed by atoms with Gasteiger partial charge in [0.05, 0.1) is 34.3 Å². The lowest BCUT2D eigenvalue weighted by Gasteiger charge is -2.23. The van der Waals surface area contributed by atoms with Gasteiger partial charge in [-0.15, -0.1) is 0 Å². The molecular formula is C15H29NO2+. The van der Waals surface area contributed by atoms with Gasteiger partial charge in [0.15, 0.2) is 0 Å². The minimum atomic E-state index is -0.274. The molecule has 0 heterocycles. The van der Waals surface area contributed by atoms with Crippen LogP contribution in [0.3, 0.4) is 0 Å². The molecule has 0 atom stereocenters. The molecule has 0 rings (SSSR count). The second kappa shape index (κ2) is 9.15. The summed E-state index contributed by atoms with van der Waals surface area (Å²) in [6.45, 7) is 6.92. The van der Waals surface area contributed by atoms with E-state index in [1.54, 1.807) is 6.92 Å². The van der Waals surface area contributed by atoms with E-state index in [0.717, 1.165) is 23.7 Å². The van der Waals surface area contributed by atoms with Crippen LogP contribution in [0.4, 0.5) is 0 Å². The molecule has 0 aliphatic rings. The third-order valence-corrected chi connectivity index (χ3v) is 2.64. The maximum absolute atomic E-state index is 11.1. The minimum absolute atomic E-state index is 0.274. The van der Waals surface area contributed by atoms with Crippen molar-refractivity contribution in [2.45, 2.75) is 39.0 Å². The predicted octanol–water partition coefficient (Wildman–Crippen LogP) is 2.97. The van der Waals surface area contributed by atoms with E-state index in [0.29, 0.717) is 12.2 Å². The number of quaternary nitrogens is 1. The van der Waals surface area contributed by atoms with Crippen LogP contribution in [0.1, 0.15) is 39.0 Å². The third kappa shape index (κ3) is 11.6. The van der Waals surface area contributed by atoms with Gasteiger partial charge in [-0.25, -0.2) is 4.79 Å². The summed E-state index contributed by atoms with van der Waals surface area (Å²) in [5, 5.41) is 0. The zero-order valence-electron chi connectivity index (χ0n) is 12.5. The second-order valence-electron chi connectivity index (χ2n) is 5.86. The molecular weight excluding hydrogens is 226 g/mol. The van der Waals surface area contributed by atoms with Crippen molar-refractivity contribution >= 4 is 5.97 Å². The lowest BCUT2D eigenvalue weighted by atomic mass is 10.1. The van der Waals surface area contributed by atoms with Gasteiger partial charge in [-0.1, -0.05) is 19.4 Å². The van der Waals surface area contributed by atoms with Crippen molar-refractivity contribution < 1.29 is 14.0 Å². The highest BCUT2D eigenvalue weighted by atomic mass is 16.5. The smallest absolute Gasteiger partial charge is 0.333 e. The monoisotopic (exact) mass is 255 g/mol. The van der Waals surface area contributed by atoms with E-state index in [1.165, 1.54) is 19.4 Å². The van der Waals surface area contributed by atoms with E-state index in [4.69, 9.17) is 4.74 Å². The molecule has 105 valence electrons. The second-order valence-corrected chi connectivity index (χ2v) is 5.86. The van der Waals surface area contributed by atoms with Crippen LogP contribution in [0.25, 0.3) is 0 Å². The maximum Gasteiger partial charge on any atom is 0.333 e. The lowest BCUT2D eigenvalue weighted by Crippen LogP contribution is -2.35. The molecule has 0 aliphatic heterocycles. The van der Waals surface area contributed by atoms with Crippen LogP contribution in [-0.2, 0) is 9.53 Å². The zero-order valence-corrected chi connectivity index (χ0v) is 12.5. The number of unbranched alkanes of at least 4 members (excludes halogenated alkanes) is 5. The van der Waals surface area contributed by atoms with E-state index >= 15 is 0 Å². The number of hydrogen-bond acceptors (Lipinski definition) is 2. The van der Waals surface area contributed by atoms with Crippen LogP contribution in [0, 0.1) is 6.42 Å². The number of hydrogen-bond donors (Lipinski definition) is 0. The van der Waals surface area contributed by atoms with E-state index in [9.17, 15) is 4.79 Å². The van der Waals surface area contributed by atoms with Gasteiger partial charge in [0, 0.05) is 5.57 Å². The Morgan fingerprint density at radius 2 is 1.83 bits per heavy atom. The molecule has 0 aromatic heterocycles. The first kappa shape index (κ1) is 17.2. The van der Waals surface area contributed by atoms with Crippen LogP contribution >= 0.6 is 0 Å². The Morgan fingerprint density at radius 3 is 2.39 bits per heavy atom. The summed E-state index contributed by atoms with van der Waals surface area (Å²) >= 11 is 0. The van der Waals surface area contributed by atoms with Gasteiger partial charge in [-0.3, -0.25) is 0 Å². The molecule has 0 fully saturated rings. The molecule has 0 amide bonds. The fourth-order valence-electron chi connectivity index (χ4n) is 1.48. The lowest BCUT2D eigenvalue weighted by molar-refractivity contribution is -0.870. The summed E-state index contributed by atoms with van der Waals surface area (Å²) in [5.74, 6) is -0.274. The van der Waals surface area contributed by atoms with Crippen LogP contribution in [-0.4, -0.2) is 44.7 Å². The highest BCUT2D eigenvalue weighted by molar-refractivity contribution is 5.86. The average molecular weight is 255 g/mol. The molecule has 3 heteroatoms. The Labute approximate surface area is 112 Å². The first-order chi connectivity index (χ1) is 8.33. The SMILES string of the molecule is C=C(C)C(=O)OCCCCC[CH]CC[N+](C)(C)C. The van der Waals surface area contributed by atoms with Gasteiger partial charge >= 0.3 is 5.97 Å². The van der Waals surface area contributed by atoms with Gasteiger partial charge in [0.2, 0.25) is 0 Å². The van der Waals surface area contributed by atoms with Gasteiger partial charge in [0.25, 0.3) is 0 Å². The molecule has 3 nitrogen and oxygen atoms in total. The fourth-order valence-corrected chi connectivity index (χ4v) is 1.48. The largest absolute Gasteiger partial charge is 0.462 e. The highest BCUT2D eigenvalue weighted by Gasteiger charge is 2.05. The molecule has 18 heavy (non-hydrogen) atoms. The number of rotatable bonds is 10. The first-order valence-corrected chi connectivity index (χ1v) is 6.77. The summed E-state index contributed by atoms with van der Waals surface area (Å²) in [6, 6.07) is 0. The molecule has 0 aromatic rings. The van der Waals surface area contributed by atoms with Gasteiger partial charge < -0.3 is 9.22 Å². The summed E-state index contributed by atoms with van der Waals surface area (Å²) in [5.41, 5.74) is 0.476. The summed E-state index contributed by atoms with van der Waals surface area (Å²) < 4.78 is 6.05. The summed E-state index contributed by atoms with van der Waals surface area (Å²) in [7, 11) is 6.64. The number of carbonyl (C=O) groups excluding carboxylic acids is 1. The van der Waals surface area contributed by atoms with Crippen molar-refractivity contribution in [2.24, 2.45) is 0 Å². The van der Waals surface area contributed by atoms with Crippen molar-refractivity contribution in [3.8, 4) is 0 Å². The summed E-state index contributed by atoms with van der Waals surface area (Å²) in [6.07, 6.45) is 7.94. The Kier molecular flexibility index (Phi) is 8.73. The molecule has 0 bridgehead atoms. The van der Waals surface area contributed by atoms with Crippen LogP contribution < -0.4 is 0 Å². The minimum Gasteiger partial charge on any atom is -0.462 e. The number of nitrogens with zero attached hydrogens (tertiary/aromatic N) is 1. The molecule has 0 unspecified atom stereocenters. The van der Waals surface area contributed by atoms with E-state index < -0.39 is 0 Å². The predicted molar refractivity (Wildman–Crippen MR) is 76.1 cm³/mol. The molecule has 0 aromatic carbocycles. The number of ether oxygens (including phenoxy) is 1. The number of esters is 1. The molecule has 0 saturated carbocycles. The van der Waals surface area contributed by atoms with E-state index in [1.807, 2.05) is 0 Å². The van der Waals surface area contributed by atoms with Crippen molar-refractivity contribution in [3.05, 3.63) is 18.6 Å². The van der Waals surface area contributed by atoms with Crippen molar-refractivity contribution in [1.29, 1.82) is 0 Å². The molecule has 0 N–H and O–H groups in total. The summed E-state index contributed by atoms with van der Waals surface area (Å²) in [4.78, 5) is 11.1. The zero-order chi connectivity index (χ0) is 14.0. The molecule has 0 spiro atoms. The normalized spacial score (nSPS) is 11.3. The third-order valence-electron chi connectivity index (χ3n) is 2.64. The van der Waals surface area contributed by atoms with Gasteiger partial charge in [-0.2, -0.15) is 0 Å². The van der Waals surface area contributed by atoms with Crippen molar-refractivity contribution in [3.63, 3.8) is 0 Å². The molecule has 0 aliphatic carbocycles. The van der Waals surface area contributed by atoms with Gasteiger partial charge in [-0.05, 0) is 32.6 Å². The molecule has 1 radical (unpaired) electrons. The standard InChI is InChI=1S/C15H29NO2/c1-14(2)15(17)18-13-11-9-7-6-8-10-12-16(3,4)5/h8H,1,6-7,9-13H2,2-5H3/q+1. The Morgan fingerprint density at radius 1 is 1.17 bits per heavy atom. The number of carbonyl (C=O) groups is 1. The van der Waals surface area contributed by atoms with E-state index in [2.05, 4.69) is 34.1 Å². The van der Waals surface area contributed by atoms with Crippen molar-refractivity contribution in [2.75, 3.05) is 34.3 Å². The van der Waals surface area contributed by atoms with Gasteiger partial charge in [0.1, 0.15) is 0 Å². The van der Waals surface area contributed by atoms with Crippen LogP contribution in [0.15, 0.2) is 12.2 Å². The first-order valence-electron chi connectivity index (χ1n) is 6.77. The Balaban J connectivity index is 3.22. The molecule has 0 saturated heterocycles. The van der Waals surface area contributed by atoms with Crippen LogP contribution in [0.5, 0.6) is 0 Å². The van der Waals surface area contributed by atoms with E-state index in [-0.39, 0.29) is 5.97 Å². The van der Waals surface area contributed by atoms with Crippen LogP contribution in [0.2, 0.25) is 0 Å². The Hall–Kier alpha value is -0.830.